The van der Waals surface area contributed by atoms with Gasteiger partial charge in [0.1, 0.15) is 12.4 Å². The number of benzene rings is 3. The Morgan fingerprint density at radius 1 is 0.958 bits per heavy atom. The van der Waals surface area contributed by atoms with Crippen LogP contribution in [0.25, 0.3) is 10.8 Å². The Hall–Kier alpha value is -2.23. The van der Waals surface area contributed by atoms with Gasteiger partial charge in [-0.3, -0.25) is 4.79 Å². The fourth-order valence-corrected chi connectivity index (χ4v) is 2.85. The summed E-state index contributed by atoms with van der Waals surface area (Å²) in [4.78, 5) is 12.1. The molecule has 0 aliphatic carbocycles. The monoisotopic (exact) mass is 359 g/mol. The fourth-order valence-electron chi connectivity index (χ4n) is 2.36. The van der Waals surface area contributed by atoms with E-state index in [1.54, 1.807) is 18.2 Å². The number of hydrogen-bond acceptors (Lipinski definition) is 2. The van der Waals surface area contributed by atoms with Gasteiger partial charge in [0.2, 0.25) is 0 Å². The zero-order chi connectivity index (χ0) is 16.9. The minimum absolute atomic E-state index is 0.251. The van der Waals surface area contributed by atoms with Gasteiger partial charge >= 0.3 is 0 Å². The lowest BCUT2D eigenvalue weighted by Gasteiger charge is -2.09. The van der Waals surface area contributed by atoms with Crippen LogP contribution < -0.4 is 10.1 Å². The van der Waals surface area contributed by atoms with Gasteiger partial charge in [0.15, 0.2) is 0 Å². The molecule has 0 atom stereocenters. The maximum atomic E-state index is 12.1. The molecule has 0 aliphatic heterocycles. The van der Waals surface area contributed by atoms with Gasteiger partial charge in [-0.15, -0.1) is 0 Å². The Morgan fingerprint density at radius 2 is 1.75 bits per heavy atom. The first-order valence-corrected chi connectivity index (χ1v) is 8.24. The van der Waals surface area contributed by atoms with E-state index in [1.165, 1.54) is 0 Å². The Kier molecular flexibility index (Phi) is 5.24. The van der Waals surface area contributed by atoms with Crippen molar-refractivity contribution in [2.75, 3.05) is 13.2 Å². The molecule has 0 bridgehead atoms. The number of carbonyl (C=O) groups is 1. The molecule has 0 unspecified atom stereocenters. The van der Waals surface area contributed by atoms with E-state index >= 15 is 0 Å². The highest BCUT2D eigenvalue weighted by molar-refractivity contribution is 6.36. The summed E-state index contributed by atoms with van der Waals surface area (Å²) >= 11 is 11.8. The van der Waals surface area contributed by atoms with E-state index in [0.717, 1.165) is 16.5 Å². The van der Waals surface area contributed by atoms with Gasteiger partial charge in [0.25, 0.3) is 5.91 Å². The predicted molar refractivity (Wildman–Crippen MR) is 98.2 cm³/mol. The molecule has 5 heteroatoms. The third-order valence-corrected chi connectivity index (χ3v) is 4.10. The summed E-state index contributed by atoms with van der Waals surface area (Å²) < 4.78 is 5.68. The zero-order valence-electron chi connectivity index (χ0n) is 12.8. The lowest BCUT2D eigenvalue weighted by atomic mass is 10.1. The number of nitrogens with one attached hydrogen (secondary N) is 1. The molecule has 0 radical (unpaired) electrons. The van der Waals surface area contributed by atoms with Crippen molar-refractivity contribution in [3.8, 4) is 5.75 Å². The van der Waals surface area contributed by atoms with Crippen molar-refractivity contribution in [1.82, 2.24) is 5.32 Å². The molecule has 0 heterocycles. The molecule has 3 nitrogen and oxygen atoms in total. The third-order valence-electron chi connectivity index (χ3n) is 3.55. The van der Waals surface area contributed by atoms with Gasteiger partial charge in [-0.1, -0.05) is 53.5 Å². The van der Waals surface area contributed by atoms with Gasteiger partial charge in [0, 0.05) is 5.02 Å². The maximum absolute atomic E-state index is 12.1. The highest BCUT2D eigenvalue weighted by Crippen LogP contribution is 2.21. The van der Waals surface area contributed by atoms with Crippen molar-refractivity contribution >= 4 is 39.9 Å². The van der Waals surface area contributed by atoms with Gasteiger partial charge in [-0.25, -0.2) is 0 Å². The minimum atomic E-state index is -0.251. The van der Waals surface area contributed by atoms with Crippen LogP contribution in [0.2, 0.25) is 10.0 Å². The van der Waals surface area contributed by atoms with E-state index in [2.05, 4.69) is 11.4 Å². The highest BCUT2D eigenvalue weighted by atomic mass is 35.5. The van der Waals surface area contributed by atoms with Gasteiger partial charge in [0.05, 0.1) is 17.1 Å². The van der Waals surface area contributed by atoms with E-state index in [4.69, 9.17) is 27.9 Å². The third kappa shape index (κ3) is 3.99. The number of carbonyl (C=O) groups excluding carboxylic acids is 1. The van der Waals surface area contributed by atoms with Crippen LogP contribution in [0.1, 0.15) is 10.4 Å². The molecule has 0 spiro atoms. The van der Waals surface area contributed by atoms with Crippen LogP contribution in [-0.2, 0) is 0 Å². The topological polar surface area (TPSA) is 38.3 Å². The smallest absolute Gasteiger partial charge is 0.252 e. The van der Waals surface area contributed by atoms with Crippen molar-refractivity contribution in [3.63, 3.8) is 0 Å². The van der Waals surface area contributed by atoms with Crippen molar-refractivity contribution in [1.29, 1.82) is 0 Å². The summed E-state index contributed by atoms with van der Waals surface area (Å²) in [5.41, 5.74) is 0.395. The fraction of sp³-hybridized carbons (Fsp3) is 0.105. The van der Waals surface area contributed by atoms with Crippen LogP contribution in [-0.4, -0.2) is 19.1 Å². The number of rotatable bonds is 5. The molecule has 3 aromatic carbocycles. The molecule has 122 valence electrons. The summed E-state index contributed by atoms with van der Waals surface area (Å²) in [7, 11) is 0. The molecular weight excluding hydrogens is 345 g/mol. The highest BCUT2D eigenvalue weighted by Gasteiger charge is 2.10. The number of ether oxygens (including phenoxy) is 1. The molecule has 0 aliphatic rings. The van der Waals surface area contributed by atoms with E-state index in [9.17, 15) is 4.79 Å². The molecular formula is C19H15Cl2NO2. The molecule has 0 fully saturated rings. The van der Waals surface area contributed by atoms with E-state index in [0.29, 0.717) is 28.8 Å². The van der Waals surface area contributed by atoms with E-state index in [1.807, 2.05) is 36.4 Å². The second-order valence-corrected chi connectivity index (χ2v) is 6.08. The zero-order valence-corrected chi connectivity index (χ0v) is 14.3. The molecule has 0 saturated carbocycles. The van der Waals surface area contributed by atoms with Crippen LogP contribution in [0.3, 0.4) is 0 Å². The summed E-state index contributed by atoms with van der Waals surface area (Å²) in [6, 6.07) is 18.8. The van der Waals surface area contributed by atoms with Crippen LogP contribution in [0, 0.1) is 0 Å². The Morgan fingerprint density at radius 3 is 2.54 bits per heavy atom. The average molecular weight is 360 g/mol. The van der Waals surface area contributed by atoms with Crippen molar-refractivity contribution in [2.24, 2.45) is 0 Å². The van der Waals surface area contributed by atoms with Crippen LogP contribution in [0.15, 0.2) is 60.7 Å². The summed E-state index contributed by atoms with van der Waals surface area (Å²) in [6.07, 6.45) is 0. The number of hydrogen-bond donors (Lipinski definition) is 1. The summed E-state index contributed by atoms with van der Waals surface area (Å²) in [5, 5.41) is 5.88. The Balaban J connectivity index is 1.53. The van der Waals surface area contributed by atoms with Crippen LogP contribution >= 0.6 is 23.2 Å². The molecule has 0 saturated heterocycles. The van der Waals surface area contributed by atoms with Crippen LogP contribution in [0.5, 0.6) is 5.75 Å². The first-order chi connectivity index (χ1) is 11.6. The standard InChI is InChI=1S/C19H15Cl2NO2/c20-15-6-8-17(18(21)12-15)19(23)22-9-10-24-16-7-5-13-3-1-2-4-14(13)11-16/h1-8,11-12H,9-10H2,(H,22,23). The number of fused-ring (bicyclic) bond motifs is 1. The first-order valence-electron chi connectivity index (χ1n) is 7.48. The summed E-state index contributed by atoms with van der Waals surface area (Å²) in [5.74, 6) is 0.520. The number of amides is 1. The molecule has 3 aromatic rings. The quantitative estimate of drug-likeness (QED) is 0.654. The second-order valence-electron chi connectivity index (χ2n) is 5.24. The van der Waals surface area contributed by atoms with Gasteiger partial charge < -0.3 is 10.1 Å². The molecule has 1 N–H and O–H groups in total. The van der Waals surface area contributed by atoms with Gasteiger partial charge in [-0.05, 0) is 41.1 Å². The van der Waals surface area contributed by atoms with Crippen molar-refractivity contribution < 1.29 is 9.53 Å². The minimum Gasteiger partial charge on any atom is -0.492 e. The van der Waals surface area contributed by atoms with Crippen molar-refractivity contribution in [3.05, 3.63) is 76.3 Å². The lowest BCUT2D eigenvalue weighted by Crippen LogP contribution is -2.28. The molecule has 24 heavy (non-hydrogen) atoms. The van der Waals surface area contributed by atoms with Crippen molar-refractivity contribution in [2.45, 2.75) is 0 Å². The average Bonchev–Trinajstić information content (AvgIpc) is 2.58. The summed E-state index contributed by atoms with van der Waals surface area (Å²) in [6.45, 7) is 0.750. The van der Waals surface area contributed by atoms with Gasteiger partial charge in [-0.2, -0.15) is 0 Å². The maximum Gasteiger partial charge on any atom is 0.252 e. The lowest BCUT2D eigenvalue weighted by molar-refractivity contribution is 0.0947. The second kappa shape index (κ2) is 7.56. The first kappa shape index (κ1) is 16.6. The predicted octanol–water partition coefficient (Wildman–Crippen LogP) is 4.96. The van der Waals surface area contributed by atoms with Crippen LogP contribution in [0.4, 0.5) is 0 Å². The molecule has 3 rings (SSSR count). The Bertz CT molecular complexity index is 880. The molecule has 1 amide bonds. The largest absolute Gasteiger partial charge is 0.492 e. The normalized spacial score (nSPS) is 10.6. The van der Waals surface area contributed by atoms with E-state index < -0.39 is 0 Å². The Labute approximate surface area is 150 Å². The SMILES string of the molecule is O=C(NCCOc1ccc2ccccc2c1)c1ccc(Cl)cc1Cl. The molecule has 0 aromatic heterocycles. The van der Waals surface area contributed by atoms with E-state index in [-0.39, 0.29) is 5.91 Å². The number of halogens is 2.